The van der Waals surface area contributed by atoms with Gasteiger partial charge in [-0.15, -0.1) is 0 Å². The second-order valence-corrected chi connectivity index (χ2v) is 5.18. The van der Waals surface area contributed by atoms with Crippen molar-refractivity contribution in [3.63, 3.8) is 0 Å². The Morgan fingerprint density at radius 1 is 1.50 bits per heavy atom. The summed E-state index contributed by atoms with van der Waals surface area (Å²) in [4.78, 5) is 10.8. The Morgan fingerprint density at radius 2 is 2.20 bits per heavy atom. The van der Waals surface area contributed by atoms with Crippen LogP contribution < -0.4 is 21.2 Å². The summed E-state index contributed by atoms with van der Waals surface area (Å²) in [5, 5.41) is 0. The first-order valence-electron chi connectivity index (χ1n) is 3.50. The summed E-state index contributed by atoms with van der Waals surface area (Å²) < 4.78 is 6.74. The van der Waals surface area contributed by atoms with Crippen LogP contribution in [0.2, 0.25) is 0 Å². The minimum absolute atomic E-state index is 0.00324. The van der Waals surface area contributed by atoms with Crippen molar-refractivity contribution < 1.29 is 30.7 Å². The minimum atomic E-state index is -0.00324. The van der Waals surface area contributed by atoms with Crippen LogP contribution in [0.5, 0.6) is 0 Å². The van der Waals surface area contributed by atoms with Crippen LogP contribution in [0.25, 0.3) is 0 Å². The van der Waals surface area contributed by atoms with E-state index < -0.39 is 0 Å². The number of carbonyl (C=O) groups excluding carboxylic acids is 1. The first-order valence-corrected chi connectivity index (χ1v) is 6.55. The van der Waals surface area contributed by atoms with Gasteiger partial charge in [0.05, 0.1) is 0 Å². The van der Waals surface area contributed by atoms with Crippen molar-refractivity contribution in [2.45, 2.75) is 20.3 Å². The van der Waals surface area contributed by atoms with Crippen molar-refractivity contribution in [2.24, 2.45) is 0 Å². The molecule has 0 amide bonds. The van der Waals surface area contributed by atoms with Gasteiger partial charge in [-0.05, 0) is 0 Å². The van der Waals surface area contributed by atoms with Crippen LogP contribution in [0.4, 0.5) is 0 Å². The fourth-order valence-corrected chi connectivity index (χ4v) is 1.63. The molecule has 62 valence electrons. The van der Waals surface area contributed by atoms with Gasteiger partial charge in [-0.3, -0.25) is 0 Å². The van der Waals surface area contributed by atoms with Crippen LogP contribution in [-0.2, 0) is 9.53 Å². The molecule has 0 radical (unpaired) electrons. The van der Waals surface area contributed by atoms with Crippen LogP contribution >= 0.6 is 0 Å². The van der Waals surface area contributed by atoms with E-state index in [1.54, 1.807) is 0 Å². The third-order valence-electron chi connectivity index (χ3n) is 0.860. The summed E-state index contributed by atoms with van der Waals surface area (Å²) in [7, 11) is 0. The van der Waals surface area contributed by atoms with Crippen molar-refractivity contribution in [1.29, 1.82) is 0 Å². The fourth-order valence-electron chi connectivity index (χ4n) is 0.426. The van der Waals surface area contributed by atoms with Gasteiger partial charge in [0.25, 0.3) is 0 Å². The SMILES string of the molecule is CCCOC(=O)C[I-]CC. The van der Waals surface area contributed by atoms with Crippen molar-refractivity contribution in [3.05, 3.63) is 0 Å². The topological polar surface area (TPSA) is 26.3 Å². The van der Waals surface area contributed by atoms with Crippen LogP contribution in [0.3, 0.4) is 0 Å². The Balaban J connectivity index is 3.09. The van der Waals surface area contributed by atoms with E-state index in [0.29, 0.717) is 11.0 Å². The number of hydrogen-bond acceptors (Lipinski definition) is 2. The standard InChI is InChI=1S/C7H14IO2/c1-3-5-10-7(9)6-8-4-2/h3-6H2,1-2H3/q-1. The molecule has 0 fully saturated rings. The maximum atomic E-state index is 10.8. The van der Waals surface area contributed by atoms with Gasteiger partial charge in [-0.25, -0.2) is 0 Å². The summed E-state index contributed by atoms with van der Waals surface area (Å²) in [6, 6.07) is 0. The van der Waals surface area contributed by atoms with Crippen molar-refractivity contribution in [2.75, 3.05) is 15.5 Å². The second-order valence-electron chi connectivity index (χ2n) is 1.81. The molecule has 0 heterocycles. The molecule has 0 saturated heterocycles. The quantitative estimate of drug-likeness (QED) is 0.325. The monoisotopic (exact) mass is 257 g/mol. The fraction of sp³-hybridized carbons (Fsp3) is 0.857. The molecule has 0 aromatic heterocycles. The normalized spacial score (nSPS) is 9.80. The van der Waals surface area contributed by atoms with E-state index in [1.165, 1.54) is 4.43 Å². The van der Waals surface area contributed by atoms with Gasteiger partial charge in [-0.2, -0.15) is 0 Å². The zero-order valence-electron chi connectivity index (χ0n) is 6.52. The molecule has 0 rings (SSSR count). The molecule has 0 aliphatic carbocycles. The predicted octanol–water partition coefficient (Wildman–Crippen LogP) is -1.95. The first kappa shape index (κ1) is 10.2. The molecule has 0 atom stereocenters. The molecular formula is C7H14IO2-. The number of rotatable bonds is 5. The van der Waals surface area contributed by atoms with Crippen LogP contribution in [-0.4, -0.2) is 21.4 Å². The Hall–Kier alpha value is 0.200. The van der Waals surface area contributed by atoms with Crippen LogP contribution in [0.1, 0.15) is 20.3 Å². The van der Waals surface area contributed by atoms with E-state index in [9.17, 15) is 4.79 Å². The van der Waals surface area contributed by atoms with Gasteiger partial charge in [0.15, 0.2) is 0 Å². The number of alkyl halides is 2. The molecule has 0 bridgehead atoms. The average molecular weight is 257 g/mol. The summed E-state index contributed by atoms with van der Waals surface area (Å²) >= 11 is 0.0954. The van der Waals surface area contributed by atoms with Gasteiger partial charge in [0, 0.05) is 0 Å². The van der Waals surface area contributed by atoms with Gasteiger partial charge >= 0.3 is 72.4 Å². The summed E-state index contributed by atoms with van der Waals surface area (Å²) in [6.07, 6.45) is 0.927. The molecule has 0 unspecified atom stereocenters. The molecule has 0 aromatic carbocycles. The van der Waals surface area contributed by atoms with Crippen molar-refractivity contribution >= 4 is 5.97 Å². The Bertz CT molecular complexity index is 83.6. The zero-order valence-corrected chi connectivity index (χ0v) is 8.68. The molecule has 3 heteroatoms. The second kappa shape index (κ2) is 7.31. The molecule has 0 aliphatic rings. The molecule has 0 aromatic rings. The number of ether oxygens (including phenoxy) is 1. The molecule has 0 spiro atoms. The third kappa shape index (κ3) is 6.32. The van der Waals surface area contributed by atoms with E-state index in [-0.39, 0.29) is 27.2 Å². The summed E-state index contributed by atoms with van der Waals surface area (Å²) in [5.74, 6) is -0.00324. The molecule has 10 heavy (non-hydrogen) atoms. The molecule has 0 aliphatic heterocycles. The van der Waals surface area contributed by atoms with Gasteiger partial charge in [-0.1, -0.05) is 0 Å². The number of carbonyl (C=O) groups is 1. The first-order chi connectivity index (χ1) is 4.81. The zero-order chi connectivity index (χ0) is 7.82. The van der Waals surface area contributed by atoms with E-state index in [1.807, 2.05) is 6.92 Å². The summed E-state index contributed by atoms with van der Waals surface area (Å²) in [5.41, 5.74) is 0. The Kier molecular flexibility index (Phi) is 7.45. The van der Waals surface area contributed by atoms with Crippen LogP contribution in [0, 0.1) is 0 Å². The van der Waals surface area contributed by atoms with E-state index >= 15 is 0 Å². The molecule has 0 saturated carbocycles. The maximum absolute atomic E-state index is 10.8. The number of hydrogen-bond donors (Lipinski definition) is 0. The third-order valence-corrected chi connectivity index (χ3v) is 3.10. The van der Waals surface area contributed by atoms with E-state index in [4.69, 9.17) is 4.74 Å². The summed E-state index contributed by atoms with van der Waals surface area (Å²) in [6.45, 7) is 4.70. The Morgan fingerprint density at radius 3 is 2.70 bits per heavy atom. The van der Waals surface area contributed by atoms with E-state index in [0.717, 1.165) is 6.42 Å². The van der Waals surface area contributed by atoms with Crippen molar-refractivity contribution in [1.82, 2.24) is 0 Å². The van der Waals surface area contributed by atoms with Gasteiger partial charge in [0.2, 0.25) is 0 Å². The number of halogens is 1. The molecule has 0 N–H and O–H groups in total. The molecular weight excluding hydrogens is 243 g/mol. The van der Waals surface area contributed by atoms with Crippen LogP contribution in [0.15, 0.2) is 0 Å². The predicted molar refractivity (Wildman–Crippen MR) is 36.7 cm³/mol. The number of esters is 1. The van der Waals surface area contributed by atoms with E-state index in [2.05, 4.69) is 6.92 Å². The van der Waals surface area contributed by atoms with Gasteiger partial charge < -0.3 is 0 Å². The van der Waals surface area contributed by atoms with Crippen molar-refractivity contribution in [3.8, 4) is 0 Å². The Labute approximate surface area is 72.6 Å². The van der Waals surface area contributed by atoms with Gasteiger partial charge in [0.1, 0.15) is 0 Å². The molecule has 2 nitrogen and oxygen atoms in total. The average Bonchev–Trinajstić information content (AvgIpc) is 1.97.